The van der Waals surface area contributed by atoms with Crippen LogP contribution in [0, 0.1) is 25.2 Å². The zero-order valence-corrected chi connectivity index (χ0v) is 14.8. The maximum Gasteiger partial charge on any atom is 0.408 e. The van der Waals surface area contributed by atoms with Gasteiger partial charge in [0.25, 0.3) is 5.91 Å². The van der Waals surface area contributed by atoms with Gasteiger partial charge in [0.15, 0.2) is 0 Å². The molecule has 0 radical (unpaired) electrons. The van der Waals surface area contributed by atoms with Crippen LogP contribution in [0.3, 0.4) is 0 Å². The first-order valence-corrected chi connectivity index (χ1v) is 8.29. The molecule has 2 aromatic heterocycles. The lowest BCUT2D eigenvalue weighted by Crippen LogP contribution is -2.44. The van der Waals surface area contributed by atoms with Gasteiger partial charge >= 0.3 is 6.18 Å². The number of aromatic nitrogens is 3. The minimum atomic E-state index is -4.39. The number of hydrogen-bond donors (Lipinski definition) is 1. The Bertz CT molecular complexity index is 893. The van der Waals surface area contributed by atoms with Gasteiger partial charge in [-0.25, -0.2) is 0 Å². The van der Waals surface area contributed by atoms with E-state index in [9.17, 15) is 18.0 Å². The molecule has 2 aromatic rings. The topological polar surface area (TPSA) is 86.9 Å². The maximum absolute atomic E-state index is 12.9. The van der Waals surface area contributed by atoms with Crippen molar-refractivity contribution in [1.82, 2.24) is 19.7 Å². The number of H-pyrrole nitrogens is 1. The molecule has 7 nitrogen and oxygen atoms in total. The highest BCUT2D eigenvalue weighted by Gasteiger charge is 2.36. The molecule has 0 aliphatic carbocycles. The van der Waals surface area contributed by atoms with E-state index in [1.165, 1.54) is 12.1 Å². The molecule has 0 aromatic carbocycles. The van der Waals surface area contributed by atoms with Gasteiger partial charge in [0, 0.05) is 17.8 Å². The number of hydrogen-bond acceptors (Lipinski definition) is 4. The van der Waals surface area contributed by atoms with Crippen molar-refractivity contribution in [1.29, 1.82) is 5.26 Å². The van der Waals surface area contributed by atoms with Crippen LogP contribution in [0.5, 0.6) is 0 Å². The normalized spacial score (nSPS) is 17.8. The molecule has 1 N–H and O–H groups in total. The second-order valence-corrected chi connectivity index (χ2v) is 6.34. The summed E-state index contributed by atoms with van der Waals surface area (Å²) in [6, 6.07) is 4.38. The average molecular weight is 381 g/mol. The molecule has 0 spiro atoms. The first-order chi connectivity index (χ1) is 12.7. The highest BCUT2D eigenvalue weighted by molar-refractivity contribution is 5.93. The van der Waals surface area contributed by atoms with Crippen molar-refractivity contribution in [2.75, 3.05) is 19.8 Å². The van der Waals surface area contributed by atoms with Gasteiger partial charge in [-0.3, -0.25) is 9.48 Å². The van der Waals surface area contributed by atoms with Crippen LogP contribution >= 0.6 is 0 Å². The van der Waals surface area contributed by atoms with Gasteiger partial charge in [-0.1, -0.05) is 0 Å². The number of amides is 1. The first kappa shape index (κ1) is 19.0. The molecular formula is C17H18F3N5O2. The summed E-state index contributed by atoms with van der Waals surface area (Å²) in [4.78, 5) is 17.2. The third-order valence-electron chi connectivity index (χ3n) is 4.53. The zero-order valence-electron chi connectivity index (χ0n) is 14.8. The Morgan fingerprint density at radius 2 is 2.19 bits per heavy atom. The fourth-order valence-electron chi connectivity index (χ4n) is 3.34. The monoisotopic (exact) mass is 381 g/mol. The molecule has 27 heavy (non-hydrogen) atoms. The summed E-state index contributed by atoms with van der Waals surface area (Å²) in [6.07, 6.45) is -4.39. The van der Waals surface area contributed by atoms with Crippen molar-refractivity contribution in [3.05, 3.63) is 40.5 Å². The number of nitriles is 1. The Morgan fingerprint density at radius 3 is 2.81 bits per heavy atom. The van der Waals surface area contributed by atoms with E-state index in [1.807, 2.05) is 6.07 Å². The van der Waals surface area contributed by atoms with Gasteiger partial charge in [0.2, 0.25) is 0 Å². The summed E-state index contributed by atoms with van der Waals surface area (Å²) in [5.41, 5.74) is 1.83. The molecule has 3 rings (SSSR count). The molecule has 1 aliphatic heterocycles. The number of ether oxygens (including phenoxy) is 1. The van der Waals surface area contributed by atoms with Crippen molar-refractivity contribution in [2.24, 2.45) is 0 Å². The lowest BCUT2D eigenvalue weighted by atomic mass is 10.0. The number of morpholine rings is 1. The Morgan fingerprint density at radius 1 is 1.44 bits per heavy atom. The summed E-state index contributed by atoms with van der Waals surface area (Å²) in [7, 11) is 0. The number of alkyl halides is 3. The highest BCUT2D eigenvalue weighted by Crippen LogP contribution is 2.31. The van der Waals surface area contributed by atoms with Gasteiger partial charge in [0.05, 0.1) is 24.9 Å². The van der Waals surface area contributed by atoms with Crippen LogP contribution in [0.1, 0.15) is 39.2 Å². The molecule has 1 aliphatic rings. The first-order valence-electron chi connectivity index (χ1n) is 8.29. The standard InChI is InChI=1S/C17H18F3N5O2/c1-10-15(11(2)25(23-10)9-17(18,19)20)14-8-27-6-5-24(14)16(26)13-4-3-12(7-21)22-13/h3-4,14,22H,5-6,8-9H2,1-2H3. The molecule has 144 valence electrons. The SMILES string of the molecule is Cc1nn(CC(F)(F)F)c(C)c1C1COCCN1C(=O)c1ccc(C#N)[nH]1. The van der Waals surface area contributed by atoms with Crippen molar-refractivity contribution >= 4 is 5.91 Å². The van der Waals surface area contributed by atoms with E-state index >= 15 is 0 Å². The molecule has 0 saturated carbocycles. The second kappa shape index (κ2) is 7.08. The minimum Gasteiger partial charge on any atom is -0.377 e. The van der Waals surface area contributed by atoms with Gasteiger partial charge in [-0.2, -0.15) is 23.5 Å². The molecule has 1 fully saturated rings. The predicted molar refractivity (Wildman–Crippen MR) is 87.9 cm³/mol. The lowest BCUT2D eigenvalue weighted by molar-refractivity contribution is -0.143. The van der Waals surface area contributed by atoms with E-state index in [0.29, 0.717) is 23.6 Å². The molecule has 1 amide bonds. The number of aromatic amines is 1. The van der Waals surface area contributed by atoms with Crippen molar-refractivity contribution in [2.45, 2.75) is 32.6 Å². The summed E-state index contributed by atoms with van der Waals surface area (Å²) in [5, 5.41) is 12.9. The smallest absolute Gasteiger partial charge is 0.377 e. The molecule has 3 heterocycles. The van der Waals surface area contributed by atoms with E-state index in [0.717, 1.165) is 4.68 Å². The Labute approximate surface area is 153 Å². The van der Waals surface area contributed by atoms with Crippen LogP contribution in [0.2, 0.25) is 0 Å². The van der Waals surface area contributed by atoms with Crippen LogP contribution in [0.25, 0.3) is 0 Å². The van der Waals surface area contributed by atoms with Crippen LogP contribution in [0.15, 0.2) is 12.1 Å². The lowest BCUT2D eigenvalue weighted by Gasteiger charge is -2.35. The minimum absolute atomic E-state index is 0.164. The average Bonchev–Trinajstić information content (AvgIpc) is 3.18. The van der Waals surface area contributed by atoms with Crippen LogP contribution in [0.4, 0.5) is 13.2 Å². The van der Waals surface area contributed by atoms with E-state index in [2.05, 4.69) is 10.1 Å². The summed E-state index contributed by atoms with van der Waals surface area (Å²) < 4.78 is 44.7. The molecule has 1 saturated heterocycles. The summed E-state index contributed by atoms with van der Waals surface area (Å²) >= 11 is 0. The highest BCUT2D eigenvalue weighted by atomic mass is 19.4. The van der Waals surface area contributed by atoms with Crippen LogP contribution < -0.4 is 0 Å². The number of rotatable bonds is 3. The fraction of sp³-hybridized carbons (Fsp3) is 0.471. The fourth-order valence-corrected chi connectivity index (χ4v) is 3.34. The molecule has 1 unspecified atom stereocenters. The Balaban J connectivity index is 1.94. The third-order valence-corrected chi connectivity index (χ3v) is 4.53. The van der Waals surface area contributed by atoms with Crippen molar-refractivity contribution in [3.63, 3.8) is 0 Å². The van der Waals surface area contributed by atoms with Crippen molar-refractivity contribution < 1.29 is 22.7 Å². The number of nitrogens with zero attached hydrogens (tertiary/aromatic N) is 4. The molecule has 0 bridgehead atoms. The molecule has 10 heteroatoms. The Hall–Kier alpha value is -2.80. The van der Waals surface area contributed by atoms with E-state index in [4.69, 9.17) is 10.00 Å². The number of halogens is 3. The quantitative estimate of drug-likeness (QED) is 0.885. The number of aryl methyl sites for hydroxylation is 1. The summed E-state index contributed by atoms with van der Waals surface area (Å²) in [6.45, 7) is 2.76. The van der Waals surface area contributed by atoms with E-state index in [1.54, 1.807) is 18.7 Å². The van der Waals surface area contributed by atoms with Crippen molar-refractivity contribution in [3.8, 4) is 6.07 Å². The van der Waals surface area contributed by atoms with E-state index in [-0.39, 0.29) is 30.4 Å². The molecular weight excluding hydrogens is 363 g/mol. The second-order valence-electron chi connectivity index (χ2n) is 6.34. The molecule has 1 atom stereocenters. The van der Waals surface area contributed by atoms with Gasteiger partial charge in [-0.05, 0) is 26.0 Å². The summed E-state index contributed by atoms with van der Waals surface area (Å²) in [5.74, 6) is -0.341. The number of carbonyl (C=O) groups is 1. The van der Waals surface area contributed by atoms with Gasteiger partial charge in [0.1, 0.15) is 24.0 Å². The maximum atomic E-state index is 12.9. The van der Waals surface area contributed by atoms with Gasteiger partial charge in [-0.15, -0.1) is 0 Å². The van der Waals surface area contributed by atoms with Crippen LogP contribution in [-0.4, -0.2) is 51.5 Å². The van der Waals surface area contributed by atoms with Gasteiger partial charge < -0.3 is 14.6 Å². The van der Waals surface area contributed by atoms with E-state index < -0.39 is 18.8 Å². The van der Waals surface area contributed by atoms with Crippen LogP contribution in [-0.2, 0) is 11.3 Å². The Kier molecular flexibility index (Phi) is 4.97. The zero-order chi connectivity index (χ0) is 19.8. The number of nitrogens with one attached hydrogen (secondary N) is 1. The third kappa shape index (κ3) is 3.83. The number of carbonyl (C=O) groups excluding carboxylic acids is 1. The predicted octanol–water partition coefficient (Wildman–Crippen LogP) is 2.48. The largest absolute Gasteiger partial charge is 0.408 e.